The third kappa shape index (κ3) is 8.24. The van der Waals surface area contributed by atoms with Crippen LogP contribution in [0.4, 0.5) is 42.8 Å². The second-order valence-electron chi connectivity index (χ2n) is 9.21. The quantitative estimate of drug-likeness (QED) is 0.307. The Morgan fingerprint density at radius 3 is 2.58 bits per heavy atom. The lowest BCUT2D eigenvalue weighted by atomic mass is 9.99. The fourth-order valence-corrected chi connectivity index (χ4v) is 4.89. The molecule has 0 radical (unpaired) electrons. The van der Waals surface area contributed by atoms with Crippen LogP contribution >= 0.6 is 11.5 Å². The van der Waals surface area contributed by atoms with Crippen molar-refractivity contribution in [1.29, 1.82) is 0 Å². The van der Waals surface area contributed by atoms with Crippen LogP contribution in [0.25, 0.3) is 0 Å². The number of aromatic nitrogens is 4. The summed E-state index contributed by atoms with van der Waals surface area (Å²) in [6, 6.07) is 3.15. The highest BCUT2D eigenvalue weighted by atomic mass is 32.1. The first-order chi connectivity index (χ1) is 18.9. The number of amides is 1. The Hall–Kier alpha value is -3.53. The zero-order chi connectivity index (χ0) is 28.9. The van der Waals surface area contributed by atoms with E-state index in [1.54, 1.807) is 24.0 Å². The summed E-state index contributed by atoms with van der Waals surface area (Å²) in [5.74, 6) is -0.125. The Bertz CT molecular complexity index is 1280. The minimum absolute atomic E-state index is 0.00954. The average Bonchev–Trinajstić information content (AvgIpc) is 3.26. The van der Waals surface area contributed by atoms with Crippen LogP contribution in [-0.2, 0) is 6.18 Å². The van der Waals surface area contributed by atoms with Crippen LogP contribution in [0.3, 0.4) is 0 Å². The molecule has 0 aliphatic carbocycles. The number of aryl methyl sites for hydroxylation is 1. The topological polar surface area (TPSA) is 105 Å². The van der Waals surface area contributed by atoms with Crippen LogP contribution < -0.4 is 15.4 Å². The van der Waals surface area contributed by atoms with Crippen LogP contribution in [-0.4, -0.2) is 62.6 Å². The molecule has 0 unspecified atom stereocenters. The number of hydrogen-bond donors (Lipinski definition) is 2. The molecule has 1 fully saturated rings. The average molecular weight is 590 g/mol. The molecule has 3 aromatic rings. The largest absolute Gasteiger partial charge is 0.477 e. The molecule has 216 valence electrons. The van der Waals surface area contributed by atoms with Crippen LogP contribution in [0, 0.1) is 12.8 Å². The predicted octanol–water partition coefficient (Wildman–Crippen LogP) is 5.69. The number of piperidine rings is 1. The van der Waals surface area contributed by atoms with Crippen LogP contribution in [0.1, 0.15) is 41.0 Å². The molecule has 0 saturated carbocycles. The van der Waals surface area contributed by atoms with Crippen molar-refractivity contribution in [2.24, 2.45) is 5.92 Å². The van der Waals surface area contributed by atoms with Gasteiger partial charge in [-0.05, 0) is 43.9 Å². The maximum atomic E-state index is 13.0. The SMILES string of the molecule is Cc1nsc(Nc2cnc(C(F)(F)F)cn2)c1C(=O)Nc1ccc(OC[C@H]2CCCN(CCC(F)(F)F)C2)nc1. The number of likely N-dealkylation sites (tertiary alicyclic amines) is 1. The van der Waals surface area contributed by atoms with Crippen molar-refractivity contribution >= 4 is 33.9 Å². The minimum Gasteiger partial charge on any atom is -0.477 e. The summed E-state index contributed by atoms with van der Waals surface area (Å²) in [6.45, 7) is 3.04. The Morgan fingerprint density at radius 1 is 1.12 bits per heavy atom. The van der Waals surface area contributed by atoms with Crippen molar-refractivity contribution in [3.63, 3.8) is 0 Å². The van der Waals surface area contributed by atoms with Gasteiger partial charge >= 0.3 is 12.4 Å². The summed E-state index contributed by atoms with van der Waals surface area (Å²) in [4.78, 5) is 26.0. The van der Waals surface area contributed by atoms with Crippen LogP contribution in [0.15, 0.2) is 30.7 Å². The molecule has 0 spiro atoms. The third-order valence-electron chi connectivity index (χ3n) is 6.05. The molecule has 0 bridgehead atoms. The molecule has 9 nitrogen and oxygen atoms in total. The van der Waals surface area contributed by atoms with Gasteiger partial charge in [0, 0.05) is 25.1 Å². The van der Waals surface area contributed by atoms with Gasteiger partial charge in [0.1, 0.15) is 10.8 Å². The summed E-state index contributed by atoms with van der Waals surface area (Å²) in [5.41, 5.74) is -0.203. The highest BCUT2D eigenvalue weighted by Crippen LogP contribution is 2.30. The van der Waals surface area contributed by atoms with E-state index in [1.807, 2.05) is 0 Å². The number of carbonyl (C=O) groups is 1. The Morgan fingerprint density at radius 2 is 1.93 bits per heavy atom. The number of carbonyl (C=O) groups excluding carboxylic acids is 1. The van der Waals surface area contributed by atoms with E-state index in [2.05, 4.69) is 30.0 Å². The second-order valence-corrected chi connectivity index (χ2v) is 9.98. The van der Waals surface area contributed by atoms with Gasteiger partial charge < -0.3 is 20.3 Å². The molecule has 1 aliphatic rings. The molecule has 1 amide bonds. The number of rotatable bonds is 9. The van der Waals surface area contributed by atoms with Crippen molar-refractivity contribution < 1.29 is 35.9 Å². The van der Waals surface area contributed by atoms with E-state index in [0.29, 0.717) is 43.2 Å². The number of halogens is 6. The molecule has 4 heterocycles. The lowest BCUT2D eigenvalue weighted by Crippen LogP contribution is -2.39. The minimum atomic E-state index is -4.62. The summed E-state index contributed by atoms with van der Waals surface area (Å²) >= 11 is 0.940. The first-order valence-electron chi connectivity index (χ1n) is 12.2. The van der Waals surface area contributed by atoms with Crippen molar-refractivity contribution in [1.82, 2.24) is 24.2 Å². The maximum Gasteiger partial charge on any atom is 0.434 e. The van der Waals surface area contributed by atoms with E-state index in [9.17, 15) is 31.1 Å². The summed E-state index contributed by atoms with van der Waals surface area (Å²) in [7, 11) is 0. The molecule has 3 aromatic heterocycles. The lowest BCUT2D eigenvalue weighted by Gasteiger charge is -2.32. The molecule has 0 aromatic carbocycles. The van der Waals surface area contributed by atoms with Crippen molar-refractivity contribution in [2.45, 2.75) is 38.5 Å². The van der Waals surface area contributed by atoms with Crippen molar-refractivity contribution in [2.75, 3.05) is 36.9 Å². The molecule has 16 heteroatoms. The highest BCUT2D eigenvalue weighted by Gasteiger charge is 2.33. The first-order valence-corrected chi connectivity index (χ1v) is 13.0. The standard InChI is InChI=1S/C24H25F6N7O2S/c1-14-20(22(40-36-14)35-18-11-31-17(10-32-18)24(28,29)30)21(38)34-16-4-5-19(33-9-16)39-13-15-3-2-7-37(12-15)8-6-23(25,26)27/h4-5,9-11,15H,2-3,6-8,12-13H2,1H3,(H,32,35)(H,34,38)/t15-/m0/s1. The van der Waals surface area contributed by atoms with Crippen molar-refractivity contribution in [3.8, 4) is 5.88 Å². The summed E-state index contributed by atoms with van der Waals surface area (Å²) in [5, 5.41) is 5.74. The molecule has 2 N–H and O–H groups in total. The number of nitrogens with zero attached hydrogens (tertiary/aromatic N) is 5. The van der Waals surface area contributed by atoms with Crippen molar-refractivity contribution in [3.05, 3.63) is 47.7 Å². The smallest absolute Gasteiger partial charge is 0.434 e. The fraction of sp³-hybridized carbons (Fsp3) is 0.458. The first kappa shape index (κ1) is 29.5. The molecular weight excluding hydrogens is 564 g/mol. The fourth-order valence-electron chi connectivity index (χ4n) is 4.09. The predicted molar refractivity (Wildman–Crippen MR) is 135 cm³/mol. The highest BCUT2D eigenvalue weighted by molar-refractivity contribution is 7.10. The van der Waals surface area contributed by atoms with Gasteiger partial charge in [0.15, 0.2) is 5.69 Å². The normalized spacial score (nSPS) is 16.5. The van der Waals surface area contributed by atoms with Gasteiger partial charge in [-0.25, -0.2) is 15.0 Å². The lowest BCUT2D eigenvalue weighted by molar-refractivity contribution is -0.141. The van der Waals surface area contributed by atoms with E-state index in [4.69, 9.17) is 4.74 Å². The van der Waals surface area contributed by atoms with Gasteiger partial charge in [-0.1, -0.05) is 0 Å². The maximum absolute atomic E-state index is 13.0. The number of pyridine rings is 1. The zero-order valence-corrected chi connectivity index (χ0v) is 22.0. The third-order valence-corrected chi connectivity index (χ3v) is 6.90. The number of alkyl halides is 6. The second kappa shape index (κ2) is 12.3. The molecule has 4 rings (SSSR count). The molecule has 1 atom stereocenters. The Labute approximate surface area is 229 Å². The number of nitrogens with one attached hydrogen (secondary N) is 2. The van der Waals surface area contributed by atoms with Gasteiger partial charge in [-0.2, -0.15) is 30.7 Å². The molecular formula is C24H25F6N7O2S. The molecule has 1 saturated heterocycles. The van der Waals surface area contributed by atoms with Gasteiger partial charge in [0.25, 0.3) is 5.91 Å². The van der Waals surface area contributed by atoms with Gasteiger partial charge in [0.2, 0.25) is 5.88 Å². The van der Waals surface area contributed by atoms with E-state index in [1.165, 1.54) is 6.20 Å². The molecule has 40 heavy (non-hydrogen) atoms. The number of hydrogen-bond acceptors (Lipinski definition) is 9. The molecule has 1 aliphatic heterocycles. The van der Waals surface area contributed by atoms with Gasteiger partial charge in [0.05, 0.1) is 48.6 Å². The summed E-state index contributed by atoms with van der Waals surface area (Å²) in [6.07, 6.45) is -5.10. The van der Waals surface area contributed by atoms with E-state index in [-0.39, 0.29) is 28.8 Å². The van der Waals surface area contributed by atoms with Gasteiger partial charge in [-0.3, -0.25) is 4.79 Å². The van der Waals surface area contributed by atoms with E-state index in [0.717, 1.165) is 30.6 Å². The van der Waals surface area contributed by atoms with E-state index >= 15 is 0 Å². The number of anilines is 3. The monoisotopic (exact) mass is 589 g/mol. The number of ether oxygens (including phenoxy) is 1. The van der Waals surface area contributed by atoms with Crippen LogP contribution in [0.2, 0.25) is 0 Å². The summed E-state index contributed by atoms with van der Waals surface area (Å²) < 4.78 is 85.6. The van der Waals surface area contributed by atoms with E-state index < -0.39 is 30.4 Å². The Balaban J connectivity index is 1.30. The Kier molecular flexibility index (Phi) is 9.08. The van der Waals surface area contributed by atoms with Crippen LogP contribution in [0.5, 0.6) is 5.88 Å². The zero-order valence-electron chi connectivity index (χ0n) is 21.1. The van der Waals surface area contributed by atoms with Gasteiger partial charge in [-0.15, -0.1) is 0 Å².